The molecule has 1 aromatic heterocycles. The van der Waals surface area contributed by atoms with E-state index in [-0.39, 0.29) is 0 Å². The van der Waals surface area contributed by atoms with Crippen LogP contribution in [0.3, 0.4) is 0 Å². The summed E-state index contributed by atoms with van der Waals surface area (Å²) < 4.78 is 0. The molecule has 17 heavy (non-hydrogen) atoms. The summed E-state index contributed by atoms with van der Waals surface area (Å²) >= 11 is 0. The monoisotopic (exact) mass is 231 g/mol. The lowest BCUT2D eigenvalue weighted by Crippen LogP contribution is -2.29. The molecule has 92 valence electrons. The van der Waals surface area contributed by atoms with Crippen LogP contribution in [0.1, 0.15) is 24.1 Å². The van der Waals surface area contributed by atoms with Gasteiger partial charge in [0.05, 0.1) is 11.9 Å². The number of nitrogens with zero attached hydrogens (tertiary/aromatic N) is 2. The van der Waals surface area contributed by atoms with Crippen LogP contribution in [0.15, 0.2) is 12.3 Å². The molecule has 1 N–H and O–H groups in total. The zero-order valence-electron chi connectivity index (χ0n) is 10.8. The van der Waals surface area contributed by atoms with Crippen LogP contribution in [-0.2, 0) is 0 Å². The summed E-state index contributed by atoms with van der Waals surface area (Å²) in [4.78, 5) is 6.99. The zero-order chi connectivity index (χ0) is 11.9. The lowest BCUT2D eigenvalue weighted by Gasteiger charge is -2.24. The Morgan fingerprint density at radius 3 is 2.94 bits per heavy atom. The van der Waals surface area contributed by atoms with Gasteiger partial charge in [-0.05, 0) is 44.9 Å². The summed E-state index contributed by atoms with van der Waals surface area (Å²) in [5.74, 6) is 0. The number of hydrogen-bond donors (Lipinski definition) is 1. The topological polar surface area (TPSA) is 28.2 Å². The first-order chi connectivity index (χ1) is 8.19. The summed E-state index contributed by atoms with van der Waals surface area (Å²) in [6.07, 6.45) is 4.69. The van der Waals surface area contributed by atoms with E-state index < -0.39 is 0 Å². The van der Waals surface area contributed by atoms with Gasteiger partial charge in [-0.15, -0.1) is 0 Å². The normalized spacial score (nSPS) is 28.2. The molecular weight excluding hydrogens is 210 g/mol. The number of anilines is 1. The van der Waals surface area contributed by atoms with Crippen LogP contribution in [0.4, 0.5) is 5.69 Å². The van der Waals surface area contributed by atoms with E-state index >= 15 is 0 Å². The number of pyridine rings is 1. The van der Waals surface area contributed by atoms with Gasteiger partial charge in [0.25, 0.3) is 0 Å². The van der Waals surface area contributed by atoms with E-state index in [2.05, 4.69) is 35.1 Å². The lowest BCUT2D eigenvalue weighted by molar-refractivity contribution is 0.369. The molecule has 1 unspecified atom stereocenters. The Hall–Kier alpha value is -1.09. The number of nitrogens with one attached hydrogen (secondary N) is 1. The molecule has 3 heterocycles. The second kappa shape index (κ2) is 3.98. The van der Waals surface area contributed by atoms with Gasteiger partial charge in [0.2, 0.25) is 0 Å². The van der Waals surface area contributed by atoms with Crippen LogP contribution in [0.25, 0.3) is 0 Å². The first-order valence-corrected chi connectivity index (χ1v) is 6.58. The molecule has 3 heteroatoms. The Balaban J connectivity index is 1.79. The highest BCUT2D eigenvalue weighted by molar-refractivity contribution is 5.48. The van der Waals surface area contributed by atoms with Crippen molar-refractivity contribution in [3.8, 4) is 0 Å². The smallest absolute Gasteiger partial charge is 0.0555 e. The first kappa shape index (κ1) is 11.0. The minimum atomic E-state index is 0.540. The summed E-state index contributed by atoms with van der Waals surface area (Å²) in [5.41, 5.74) is 4.29. The van der Waals surface area contributed by atoms with Crippen molar-refractivity contribution in [3.05, 3.63) is 23.5 Å². The number of aryl methyl sites for hydroxylation is 2. The van der Waals surface area contributed by atoms with E-state index in [0.29, 0.717) is 5.41 Å². The summed E-state index contributed by atoms with van der Waals surface area (Å²) in [5, 5.41) is 3.51. The van der Waals surface area contributed by atoms with Gasteiger partial charge in [0.15, 0.2) is 0 Å². The Morgan fingerprint density at radius 2 is 2.24 bits per heavy atom. The van der Waals surface area contributed by atoms with E-state index in [1.54, 1.807) is 0 Å². The molecule has 0 aliphatic carbocycles. The minimum Gasteiger partial charge on any atom is -0.370 e. The molecule has 0 saturated carbocycles. The van der Waals surface area contributed by atoms with E-state index in [4.69, 9.17) is 0 Å². The molecular formula is C14H21N3. The molecule has 3 rings (SSSR count). The largest absolute Gasteiger partial charge is 0.370 e. The van der Waals surface area contributed by atoms with Gasteiger partial charge in [-0.3, -0.25) is 4.98 Å². The van der Waals surface area contributed by atoms with Crippen molar-refractivity contribution < 1.29 is 0 Å². The molecule has 1 aromatic rings. The van der Waals surface area contributed by atoms with Crippen LogP contribution in [0.2, 0.25) is 0 Å². The van der Waals surface area contributed by atoms with Crippen LogP contribution in [0, 0.1) is 19.3 Å². The average Bonchev–Trinajstić information content (AvgIpc) is 2.94. The zero-order valence-corrected chi connectivity index (χ0v) is 10.8. The van der Waals surface area contributed by atoms with Gasteiger partial charge in [-0.1, -0.05) is 0 Å². The SMILES string of the molecule is Cc1cc(N2CCC3(CCNC3)C2)cnc1C. The number of rotatable bonds is 1. The molecule has 3 nitrogen and oxygen atoms in total. The van der Waals surface area contributed by atoms with Crippen LogP contribution in [0.5, 0.6) is 0 Å². The maximum Gasteiger partial charge on any atom is 0.0555 e. The second-order valence-corrected chi connectivity index (χ2v) is 5.69. The van der Waals surface area contributed by atoms with Gasteiger partial charge in [-0.25, -0.2) is 0 Å². The summed E-state index contributed by atoms with van der Waals surface area (Å²) in [7, 11) is 0. The molecule has 1 atom stereocenters. The van der Waals surface area contributed by atoms with Crippen molar-refractivity contribution >= 4 is 5.69 Å². The first-order valence-electron chi connectivity index (χ1n) is 6.58. The van der Waals surface area contributed by atoms with Gasteiger partial charge >= 0.3 is 0 Å². The maximum atomic E-state index is 4.48. The van der Waals surface area contributed by atoms with Crippen molar-refractivity contribution in [2.24, 2.45) is 5.41 Å². The average molecular weight is 231 g/mol. The van der Waals surface area contributed by atoms with Crippen LogP contribution < -0.4 is 10.2 Å². The Morgan fingerprint density at radius 1 is 1.35 bits per heavy atom. The molecule has 0 aromatic carbocycles. The van der Waals surface area contributed by atoms with E-state index in [0.717, 1.165) is 5.69 Å². The quantitative estimate of drug-likeness (QED) is 0.800. The molecule has 0 amide bonds. The predicted molar refractivity (Wildman–Crippen MR) is 70.5 cm³/mol. The fourth-order valence-electron chi connectivity index (χ4n) is 3.10. The minimum absolute atomic E-state index is 0.540. The van der Waals surface area contributed by atoms with Crippen molar-refractivity contribution in [1.29, 1.82) is 0 Å². The third-order valence-electron chi connectivity index (χ3n) is 4.46. The van der Waals surface area contributed by atoms with Crippen LogP contribution >= 0.6 is 0 Å². The highest BCUT2D eigenvalue weighted by Crippen LogP contribution is 2.38. The Bertz CT molecular complexity index is 421. The van der Waals surface area contributed by atoms with Crippen molar-refractivity contribution in [3.63, 3.8) is 0 Å². The molecule has 1 spiro atoms. The summed E-state index contributed by atoms with van der Waals surface area (Å²) in [6.45, 7) is 9.00. The molecule has 2 saturated heterocycles. The van der Waals surface area contributed by atoms with Crippen molar-refractivity contribution in [2.75, 3.05) is 31.1 Å². The molecule has 0 radical (unpaired) electrons. The van der Waals surface area contributed by atoms with E-state index in [1.165, 1.54) is 50.3 Å². The predicted octanol–water partition coefficient (Wildman–Crippen LogP) is 1.89. The fourth-order valence-corrected chi connectivity index (χ4v) is 3.10. The number of hydrogen-bond acceptors (Lipinski definition) is 3. The third-order valence-corrected chi connectivity index (χ3v) is 4.46. The Kier molecular flexibility index (Phi) is 2.58. The molecule has 2 fully saturated rings. The molecule has 2 aliphatic heterocycles. The van der Waals surface area contributed by atoms with Gasteiger partial charge in [0.1, 0.15) is 0 Å². The van der Waals surface area contributed by atoms with Gasteiger partial charge < -0.3 is 10.2 Å². The van der Waals surface area contributed by atoms with Crippen LogP contribution in [-0.4, -0.2) is 31.2 Å². The highest BCUT2D eigenvalue weighted by atomic mass is 15.2. The lowest BCUT2D eigenvalue weighted by atomic mass is 9.86. The molecule has 2 aliphatic rings. The summed E-state index contributed by atoms with van der Waals surface area (Å²) in [6, 6.07) is 2.28. The fraction of sp³-hybridized carbons (Fsp3) is 0.643. The van der Waals surface area contributed by atoms with Gasteiger partial charge in [-0.2, -0.15) is 0 Å². The standard InChI is InChI=1S/C14H21N3/c1-11-7-13(8-16-12(11)2)17-6-4-14(10-17)3-5-15-9-14/h7-8,15H,3-6,9-10H2,1-2H3. The Labute approximate surface area is 103 Å². The second-order valence-electron chi connectivity index (χ2n) is 5.69. The molecule has 0 bridgehead atoms. The highest BCUT2D eigenvalue weighted by Gasteiger charge is 2.40. The van der Waals surface area contributed by atoms with E-state index in [1.807, 2.05) is 6.20 Å². The van der Waals surface area contributed by atoms with Crippen molar-refractivity contribution in [1.82, 2.24) is 10.3 Å². The third kappa shape index (κ3) is 1.93. The maximum absolute atomic E-state index is 4.48. The van der Waals surface area contributed by atoms with Crippen molar-refractivity contribution in [2.45, 2.75) is 26.7 Å². The number of aromatic nitrogens is 1. The van der Waals surface area contributed by atoms with E-state index in [9.17, 15) is 0 Å². The van der Waals surface area contributed by atoms with Gasteiger partial charge in [0, 0.05) is 30.7 Å².